The van der Waals surface area contributed by atoms with Crippen LogP contribution in [-0.2, 0) is 19.1 Å². The Morgan fingerprint density at radius 1 is 0.926 bits per heavy atom. The Kier molecular flexibility index (Phi) is 4.43. The fourth-order valence-corrected chi connectivity index (χ4v) is 3.24. The Hall–Kier alpha value is -3.09. The highest BCUT2D eigenvalue weighted by Gasteiger charge is 2.33. The van der Waals surface area contributed by atoms with Crippen molar-refractivity contribution in [2.75, 3.05) is 16.8 Å². The van der Waals surface area contributed by atoms with E-state index in [4.69, 9.17) is 0 Å². The Bertz CT molecular complexity index is 956. The van der Waals surface area contributed by atoms with Gasteiger partial charge in [-0.15, -0.1) is 0 Å². The number of nitrogens with zero attached hydrogens (tertiary/aromatic N) is 3. The molecule has 0 atom stereocenters. The van der Waals surface area contributed by atoms with Gasteiger partial charge in [0.1, 0.15) is 5.82 Å². The summed E-state index contributed by atoms with van der Waals surface area (Å²) in [5.74, 6) is 0.828. The van der Waals surface area contributed by atoms with Gasteiger partial charge in [0.05, 0.1) is 11.3 Å². The molecule has 27 heavy (non-hydrogen) atoms. The Balaban J connectivity index is 1.58. The van der Waals surface area contributed by atoms with Crippen LogP contribution < -0.4 is 10.2 Å². The van der Waals surface area contributed by atoms with Gasteiger partial charge in [-0.05, 0) is 35.7 Å². The highest BCUT2D eigenvalue weighted by atomic mass is 19.4. The summed E-state index contributed by atoms with van der Waals surface area (Å²) >= 11 is 0. The van der Waals surface area contributed by atoms with Gasteiger partial charge in [-0.1, -0.05) is 36.4 Å². The summed E-state index contributed by atoms with van der Waals surface area (Å²) in [6.07, 6.45) is -1.99. The van der Waals surface area contributed by atoms with Crippen molar-refractivity contribution in [3.05, 3.63) is 77.5 Å². The van der Waals surface area contributed by atoms with Crippen LogP contribution in [0.3, 0.4) is 0 Å². The van der Waals surface area contributed by atoms with Gasteiger partial charge in [-0.2, -0.15) is 18.2 Å². The Labute approximate surface area is 154 Å². The minimum absolute atomic E-state index is 0.0638. The van der Waals surface area contributed by atoms with E-state index < -0.39 is 11.7 Å². The van der Waals surface area contributed by atoms with Gasteiger partial charge in [0, 0.05) is 19.3 Å². The number of fused-ring (bicyclic) bond motifs is 1. The first-order valence-electron chi connectivity index (χ1n) is 8.59. The second-order valence-corrected chi connectivity index (χ2v) is 6.35. The molecule has 7 heteroatoms. The second-order valence-electron chi connectivity index (χ2n) is 6.35. The van der Waals surface area contributed by atoms with Crippen LogP contribution in [-0.4, -0.2) is 16.5 Å². The molecule has 1 aromatic heterocycles. The molecule has 138 valence electrons. The van der Waals surface area contributed by atoms with E-state index in [9.17, 15) is 13.2 Å². The number of halogens is 3. The quantitative estimate of drug-likeness (QED) is 0.719. The molecule has 0 saturated carbocycles. The average Bonchev–Trinajstić information content (AvgIpc) is 2.67. The molecule has 2 aromatic carbocycles. The lowest BCUT2D eigenvalue weighted by atomic mass is 10.00. The SMILES string of the molecule is FC(F)(F)c1ccccc1Nc1nccc(N2CCc3ccccc3C2)n1. The zero-order valence-corrected chi connectivity index (χ0v) is 14.4. The van der Waals surface area contributed by atoms with Crippen LogP contribution in [0.5, 0.6) is 0 Å². The van der Waals surface area contributed by atoms with Crippen molar-refractivity contribution in [3.63, 3.8) is 0 Å². The van der Waals surface area contributed by atoms with Crippen molar-refractivity contribution in [2.24, 2.45) is 0 Å². The monoisotopic (exact) mass is 370 g/mol. The van der Waals surface area contributed by atoms with E-state index in [-0.39, 0.29) is 11.6 Å². The lowest BCUT2D eigenvalue weighted by Gasteiger charge is -2.29. The van der Waals surface area contributed by atoms with Gasteiger partial charge >= 0.3 is 6.18 Å². The maximum absolute atomic E-state index is 13.2. The first-order chi connectivity index (χ1) is 13.0. The third-order valence-electron chi connectivity index (χ3n) is 4.57. The summed E-state index contributed by atoms with van der Waals surface area (Å²) in [6.45, 7) is 1.51. The van der Waals surface area contributed by atoms with Gasteiger partial charge in [-0.3, -0.25) is 0 Å². The molecule has 4 nitrogen and oxygen atoms in total. The molecule has 0 amide bonds. The average molecular weight is 370 g/mol. The minimum atomic E-state index is -4.45. The van der Waals surface area contributed by atoms with Crippen LogP contribution in [0.2, 0.25) is 0 Å². The number of aromatic nitrogens is 2. The minimum Gasteiger partial charge on any atom is -0.352 e. The van der Waals surface area contributed by atoms with E-state index in [1.165, 1.54) is 23.3 Å². The second kappa shape index (κ2) is 6.90. The van der Waals surface area contributed by atoms with Crippen LogP contribution in [0.4, 0.5) is 30.6 Å². The number of benzene rings is 2. The van der Waals surface area contributed by atoms with Crippen molar-refractivity contribution >= 4 is 17.5 Å². The molecule has 0 aliphatic carbocycles. The van der Waals surface area contributed by atoms with Crippen LogP contribution >= 0.6 is 0 Å². The molecule has 4 rings (SSSR count). The predicted octanol–water partition coefficient (Wildman–Crippen LogP) is 4.80. The van der Waals surface area contributed by atoms with E-state index in [0.29, 0.717) is 12.4 Å². The highest BCUT2D eigenvalue weighted by molar-refractivity contribution is 5.60. The van der Waals surface area contributed by atoms with Gasteiger partial charge in [-0.25, -0.2) is 4.98 Å². The number of alkyl halides is 3. The van der Waals surface area contributed by atoms with E-state index in [1.807, 2.05) is 12.1 Å². The molecular formula is C20H17F3N4. The van der Waals surface area contributed by atoms with Crippen LogP contribution in [0.1, 0.15) is 16.7 Å². The third-order valence-corrected chi connectivity index (χ3v) is 4.57. The predicted molar refractivity (Wildman–Crippen MR) is 98.0 cm³/mol. The van der Waals surface area contributed by atoms with E-state index in [0.717, 1.165) is 19.0 Å². The molecule has 0 fully saturated rings. The molecular weight excluding hydrogens is 353 g/mol. The summed E-state index contributed by atoms with van der Waals surface area (Å²) in [7, 11) is 0. The van der Waals surface area contributed by atoms with Crippen LogP contribution in [0.25, 0.3) is 0 Å². The lowest BCUT2D eigenvalue weighted by Crippen LogP contribution is -2.31. The first kappa shape index (κ1) is 17.3. The van der Waals surface area contributed by atoms with Gasteiger partial charge in [0.15, 0.2) is 0 Å². The van der Waals surface area contributed by atoms with E-state index in [2.05, 4.69) is 32.3 Å². The molecule has 0 saturated heterocycles. The third kappa shape index (κ3) is 3.72. The first-order valence-corrected chi connectivity index (χ1v) is 8.59. The molecule has 1 N–H and O–H groups in total. The fourth-order valence-electron chi connectivity index (χ4n) is 3.24. The smallest absolute Gasteiger partial charge is 0.352 e. The van der Waals surface area contributed by atoms with E-state index >= 15 is 0 Å². The van der Waals surface area contributed by atoms with Crippen molar-refractivity contribution in [2.45, 2.75) is 19.1 Å². The van der Waals surface area contributed by atoms with Crippen LogP contribution in [0, 0.1) is 0 Å². The number of hydrogen-bond acceptors (Lipinski definition) is 4. The number of anilines is 3. The molecule has 3 aromatic rings. The summed E-state index contributed by atoms with van der Waals surface area (Å²) < 4.78 is 39.5. The summed E-state index contributed by atoms with van der Waals surface area (Å²) in [5, 5.41) is 2.71. The molecule has 1 aliphatic rings. The number of hydrogen-bond donors (Lipinski definition) is 1. The number of nitrogens with one attached hydrogen (secondary N) is 1. The van der Waals surface area contributed by atoms with Crippen molar-refractivity contribution in [1.29, 1.82) is 0 Å². The number of rotatable bonds is 3. The van der Waals surface area contributed by atoms with Crippen molar-refractivity contribution in [1.82, 2.24) is 9.97 Å². The fraction of sp³-hybridized carbons (Fsp3) is 0.200. The highest BCUT2D eigenvalue weighted by Crippen LogP contribution is 2.35. The zero-order valence-electron chi connectivity index (χ0n) is 14.4. The largest absolute Gasteiger partial charge is 0.418 e. The van der Waals surface area contributed by atoms with Crippen LogP contribution in [0.15, 0.2) is 60.8 Å². The standard InChI is InChI=1S/C20H17F3N4/c21-20(22,23)16-7-3-4-8-17(16)25-19-24-11-9-18(26-19)27-12-10-14-5-1-2-6-15(14)13-27/h1-9,11H,10,12-13H2,(H,24,25,26). The Morgan fingerprint density at radius 3 is 2.48 bits per heavy atom. The summed E-state index contributed by atoms with van der Waals surface area (Å²) in [5.41, 5.74) is 1.75. The maximum Gasteiger partial charge on any atom is 0.418 e. The van der Waals surface area contributed by atoms with Gasteiger partial charge < -0.3 is 10.2 Å². The van der Waals surface area contributed by atoms with Gasteiger partial charge in [0.2, 0.25) is 5.95 Å². The summed E-state index contributed by atoms with van der Waals surface area (Å²) in [4.78, 5) is 10.6. The summed E-state index contributed by atoms with van der Waals surface area (Å²) in [6, 6.07) is 15.3. The van der Waals surface area contributed by atoms with Gasteiger partial charge in [0.25, 0.3) is 0 Å². The maximum atomic E-state index is 13.2. The van der Waals surface area contributed by atoms with E-state index in [1.54, 1.807) is 18.3 Å². The molecule has 0 radical (unpaired) electrons. The molecule has 0 bridgehead atoms. The molecule has 0 unspecified atom stereocenters. The molecule has 2 heterocycles. The normalized spacial score (nSPS) is 14.0. The lowest BCUT2D eigenvalue weighted by molar-refractivity contribution is -0.136. The zero-order chi connectivity index (χ0) is 18.9. The van der Waals surface area contributed by atoms with Crippen molar-refractivity contribution in [3.8, 4) is 0 Å². The molecule has 1 aliphatic heterocycles. The molecule has 0 spiro atoms. The Morgan fingerprint density at radius 2 is 1.67 bits per heavy atom. The topological polar surface area (TPSA) is 41.1 Å². The van der Waals surface area contributed by atoms with Crippen molar-refractivity contribution < 1.29 is 13.2 Å². The number of para-hydroxylation sites is 1.